The molecule has 2 aromatic rings. The summed E-state index contributed by atoms with van der Waals surface area (Å²) in [6, 6.07) is 10.7. The highest BCUT2D eigenvalue weighted by Crippen LogP contribution is 2.18. The van der Waals surface area contributed by atoms with Crippen LogP contribution in [0.1, 0.15) is 11.1 Å². The van der Waals surface area contributed by atoms with Gasteiger partial charge in [0.2, 0.25) is 12.4 Å². The van der Waals surface area contributed by atoms with Crippen molar-refractivity contribution in [1.29, 1.82) is 0 Å². The van der Waals surface area contributed by atoms with Crippen molar-refractivity contribution < 1.29 is 14.9 Å². The highest BCUT2D eigenvalue weighted by molar-refractivity contribution is 5.73. The van der Waals surface area contributed by atoms with Gasteiger partial charge in [0.25, 0.3) is 5.69 Å². The zero-order valence-electron chi connectivity index (χ0n) is 9.43. The van der Waals surface area contributed by atoms with Crippen molar-refractivity contribution in [2.75, 3.05) is 0 Å². The Kier molecular flexibility index (Phi) is 3.33. The minimum atomic E-state index is -0.481. The maximum Gasteiger partial charge on any atom is 0.288 e. The van der Waals surface area contributed by atoms with Gasteiger partial charge in [0, 0.05) is 4.73 Å². The monoisotopic (exact) mass is 243 g/mol. The van der Waals surface area contributed by atoms with Gasteiger partial charge in [-0.3, -0.25) is 15.3 Å². The van der Waals surface area contributed by atoms with Crippen LogP contribution >= 0.6 is 0 Å². The fourth-order valence-electron chi connectivity index (χ4n) is 1.54. The zero-order chi connectivity index (χ0) is 13.0. The number of benzene rings is 1. The first-order valence-electron chi connectivity index (χ1n) is 5.29. The van der Waals surface area contributed by atoms with E-state index in [-0.39, 0.29) is 5.69 Å². The summed E-state index contributed by atoms with van der Waals surface area (Å²) in [7, 11) is 0. The first-order chi connectivity index (χ1) is 8.66. The minimum absolute atomic E-state index is 0.0486. The molecule has 0 fully saturated rings. The van der Waals surface area contributed by atoms with Crippen LogP contribution in [0.2, 0.25) is 0 Å². The second-order valence-electron chi connectivity index (χ2n) is 3.67. The summed E-state index contributed by atoms with van der Waals surface area (Å²) in [6.07, 6.45) is 5.86. The molecule has 5 heteroatoms. The van der Waals surface area contributed by atoms with E-state index in [1.54, 1.807) is 12.2 Å². The predicted octanol–water partition coefficient (Wildman–Crippen LogP) is 2.29. The first kappa shape index (κ1) is 11.8. The van der Waals surface area contributed by atoms with Crippen molar-refractivity contribution in [3.63, 3.8) is 0 Å². The fourth-order valence-corrected chi connectivity index (χ4v) is 1.54. The van der Waals surface area contributed by atoms with Crippen LogP contribution in [0.5, 0.6) is 0 Å². The standard InChI is InChI=1S/C13H11N2O3/c16-14-9-8-13(15(17)18)12(10-14)7-6-11-4-2-1-3-5-11/h1-10,16H/q+1/b7-6+. The average molecular weight is 243 g/mol. The smallest absolute Gasteiger partial charge is 0.285 e. The number of nitrogens with zero attached hydrogens (tertiary/aromatic N) is 2. The molecule has 0 saturated carbocycles. The molecule has 0 unspecified atom stereocenters. The summed E-state index contributed by atoms with van der Waals surface area (Å²) < 4.78 is 0.789. The Balaban J connectivity index is 2.36. The SMILES string of the molecule is O=[N+]([O-])c1cc[n+](O)cc1/C=C/c1ccccc1. The van der Waals surface area contributed by atoms with E-state index in [4.69, 9.17) is 0 Å². The quantitative estimate of drug-likeness (QED) is 0.389. The summed E-state index contributed by atoms with van der Waals surface area (Å²) in [5, 5.41) is 20.1. The third kappa shape index (κ3) is 2.70. The molecule has 1 N–H and O–H groups in total. The van der Waals surface area contributed by atoms with Crippen molar-refractivity contribution >= 4 is 17.8 Å². The summed E-state index contributed by atoms with van der Waals surface area (Å²) in [4.78, 5) is 10.3. The topological polar surface area (TPSA) is 67.2 Å². The Morgan fingerprint density at radius 1 is 1.17 bits per heavy atom. The Morgan fingerprint density at radius 3 is 2.56 bits per heavy atom. The molecule has 5 nitrogen and oxygen atoms in total. The summed E-state index contributed by atoms with van der Waals surface area (Å²) >= 11 is 0. The second kappa shape index (κ2) is 5.09. The number of hydrogen-bond donors (Lipinski definition) is 1. The maximum absolute atomic E-state index is 10.8. The minimum Gasteiger partial charge on any atom is -0.285 e. The Bertz CT molecular complexity index is 594. The molecule has 0 saturated heterocycles. The number of rotatable bonds is 3. The summed E-state index contributed by atoms with van der Waals surface area (Å²) in [6.45, 7) is 0. The molecule has 0 aliphatic rings. The van der Waals surface area contributed by atoms with E-state index in [0.29, 0.717) is 5.56 Å². The van der Waals surface area contributed by atoms with E-state index in [2.05, 4.69) is 0 Å². The van der Waals surface area contributed by atoms with E-state index in [0.717, 1.165) is 10.3 Å². The number of pyridine rings is 1. The van der Waals surface area contributed by atoms with Gasteiger partial charge in [-0.2, -0.15) is 0 Å². The molecule has 18 heavy (non-hydrogen) atoms. The lowest BCUT2D eigenvalue weighted by Crippen LogP contribution is -2.28. The molecule has 90 valence electrons. The van der Waals surface area contributed by atoms with Crippen molar-refractivity contribution in [3.05, 3.63) is 70.0 Å². The fraction of sp³-hybridized carbons (Fsp3) is 0. The van der Waals surface area contributed by atoms with Crippen LogP contribution in [0, 0.1) is 10.1 Å². The molecule has 0 bridgehead atoms. The van der Waals surface area contributed by atoms with E-state index in [1.165, 1.54) is 18.5 Å². The second-order valence-corrected chi connectivity index (χ2v) is 3.67. The molecule has 0 radical (unpaired) electrons. The summed E-state index contributed by atoms with van der Waals surface area (Å²) in [5.74, 6) is 0. The molecular weight excluding hydrogens is 232 g/mol. The van der Waals surface area contributed by atoms with Gasteiger partial charge in [-0.05, 0) is 11.6 Å². The largest absolute Gasteiger partial charge is 0.288 e. The lowest BCUT2D eigenvalue weighted by molar-refractivity contribution is -0.905. The molecule has 2 rings (SSSR count). The third-order valence-corrected chi connectivity index (χ3v) is 2.40. The van der Waals surface area contributed by atoms with Crippen LogP contribution in [0.4, 0.5) is 5.69 Å². The van der Waals surface area contributed by atoms with Crippen molar-refractivity contribution in [1.82, 2.24) is 0 Å². The van der Waals surface area contributed by atoms with E-state index in [1.807, 2.05) is 30.3 Å². The van der Waals surface area contributed by atoms with Crippen molar-refractivity contribution in [2.24, 2.45) is 0 Å². The molecule has 0 atom stereocenters. The number of hydrogen-bond acceptors (Lipinski definition) is 3. The van der Waals surface area contributed by atoms with Gasteiger partial charge in [0.1, 0.15) is 5.56 Å². The third-order valence-electron chi connectivity index (χ3n) is 2.40. The molecule has 0 amide bonds. The van der Waals surface area contributed by atoms with Gasteiger partial charge in [0.15, 0.2) is 0 Å². The van der Waals surface area contributed by atoms with Crippen molar-refractivity contribution in [3.8, 4) is 0 Å². The zero-order valence-corrected chi connectivity index (χ0v) is 9.43. The number of nitro groups is 1. The van der Waals surface area contributed by atoms with E-state index >= 15 is 0 Å². The molecule has 0 spiro atoms. The summed E-state index contributed by atoms with van der Waals surface area (Å²) in [5.41, 5.74) is 1.22. The molecular formula is C13H11N2O3+. The van der Waals surface area contributed by atoms with E-state index in [9.17, 15) is 15.3 Å². The average Bonchev–Trinajstić information content (AvgIpc) is 2.37. The van der Waals surface area contributed by atoms with Crippen LogP contribution < -0.4 is 4.73 Å². The maximum atomic E-state index is 10.8. The van der Waals surface area contributed by atoms with Gasteiger partial charge in [-0.25, -0.2) is 0 Å². The van der Waals surface area contributed by atoms with Gasteiger partial charge in [-0.1, -0.05) is 36.4 Å². The Morgan fingerprint density at radius 2 is 1.89 bits per heavy atom. The van der Waals surface area contributed by atoms with Crippen LogP contribution in [-0.4, -0.2) is 10.1 Å². The van der Waals surface area contributed by atoms with E-state index < -0.39 is 4.92 Å². The van der Waals surface area contributed by atoms with Gasteiger partial charge >= 0.3 is 0 Å². The lowest BCUT2D eigenvalue weighted by Gasteiger charge is -1.94. The number of aromatic nitrogens is 1. The predicted molar refractivity (Wildman–Crippen MR) is 65.8 cm³/mol. The van der Waals surface area contributed by atoms with Crippen LogP contribution in [0.15, 0.2) is 48.8 Å². The highest BCUT2D eigenvalue weighted by Gasteiger charge is 2.16. The molecule has 1 aromatic heterocycles. The normalized spacial score (nSPS) is 10.7. The van der Waals surface area contributed by atoms with Crippen molar-refractivity contribution in [2.45, 2.75) is 0 Å². The first-order valence-corrected chi connectivity index (χ1v) is 5.29. The molecule has 1 heterocycles. The van der Waals surface area contributed by atoms with Gasteiger partial charge < -0.3 is 0 Å². The van der Waals surface area contributed by atoms with Crippen LogP contribution in [-0.2, 0) is 0 Å². The van der Waals surface area contributed by atoms with Gasteiger partial charge in [-0.15, -0.1) is 0 Å². The Hall–Kier alpha value is -2.69. The lowest BCUT2D eigenvalue weighted by atomic mass is 10.1. The Labute approximate surface area is 103 Å². The van der Waals surface area contributed by atoms with Crippen LogP contribution in [0.3, 0.4) is 0 Å². The molecule has 0 aliphatic carbocycles. The molecule has 0 aliphatic heterocycles. The van der Waals surface area contributed by atoms with Crippen LogP contribution in [0.25, 0.3) is 12.2 Å². The highest BCUT2D eigenvalue weighted by atomic mass is 16.6. The van der Waals surface area contributed by atoms with Gasteiger partial charge in [0.05, 0.1) is 11.0 Å². The molecule has 1 aromatic carbocycles.